The molecule has 0 radical (unpaired) electrons. The van der Waals surface area contributed by atoms with Gasteiger partial charge in [0.2, 0.25) is 0 Å². The van der Waals surface area contributed by atoms with Crippen molar-refractivity contribution in [2.75, 3.05) is 13.1 Å². The third-order valence-electron chi connectivity index (χ3n) is 7.21. The fourth-order valence-electron chi connectivity index (χ4n) is 4.96. The fraction of sp³-hybridized carbons (Fsp3) is 0.235. The normalized spacial score (nSPS) is 11.9. The van der Waals surface area contributed by atoms with Gasteiger partial charge in [0.1, 0.15) is 0 Å². The first-order chi connectivity index (χ1) is 20.2. The van der Waals surface area contributed by atoms with Crippen LogP contribution in [0.1, 0.15) is 46.9 Å². The van der Waals surface area contributed by atoms with Crippen LogP contribution < -0.4 is 10.6 Å². The van der Waals surface area contributed by atoms with Crippen LogP contribution in [0.15, 0.2) is 121 Å². The molecule has 0 heterocycles. The molecule has 0 atom stereocenters. The Morgan fingerprint density at radius 2 is 0.714 bits per heavy atom. The number of carbonyl (C=O) groups is 2. The summed E-state index contributed by atoms with van der Waals surface area (Å²) in [6.45, 7) is -0.590. The summed E-state index contributed by atoms with van der Waals surface area (Å²) in [6.07, 6.45) is 0.377. The van der Waals surface area contributed by atoms with E-state index < -0.39 is 23.7 Å². The fourth-order valence-corrected chi connectivity index (χ4v) is 4.96. The van der Waals surface area contributed by atoms with Crippen LogP contribution in [0.3, 0.4) is 0 Å². The minimum atomic E-state index is -5.25. The number of amides is 2. The van der Waals surface area contributed by atoms with E-state index in [1.807, 2.05) is 132 Å². The molecule has 218 valence electrons. The van der Waals surface area contributed by atoms with Gasteiger partial charge >= 0.3 is 11.8 Å². The third kappa shape index (κ3) is 7.24. The second-order valence-electron chi connectivity index (χ2n) is 9.99. The van der Waals surface area contributed by atoms with Gasteiger partial charge in [0.05, 0.1) is 0 Å². The van der Waals surface area contributed by atoms with Crippen molar-refractivity contribution >= 4 is 11.8 Å². The molecule has 0 aliphatic rings. The first kappa shape index (κ1) is 30.5. The lowest BCUT2D eigenvalue weighted by atomic mass is 9.88. The van der Waals surface area contributed by atoms with Crippen LogP contribution in [0.2, 0.25) is 0 Å². The summed E-state index contributed by atoms with van der Waals surface area (Å²) in [4.78, 5) is 24.6. The van der Waals surface area contributed by atoms with Crippen molar-refractivity contribution in [2.45, 2.75) is 36.5 Å². The molecule has 0 aliphatic carbocycles. The predicted molar refractivity (Wildman–Crippen MR) is 155 cm³/mol. The van der Waals surface area contributed by atoms with Crippen LogP contribution in [0.5, 0.6) is 0 Å². The highest BCUT2D eigenvalue weighted by molar-refractivity contribution is 5.95. The number of rotatable bonds is 13. The summed E-state index contributed by atoms with van der Waals surface area (Å²) >= 11 is 0. The molecule has 4 rings (SSSR count). The van der Waals surface area contributed by atoms with E-state index in [0.717, 1.165) is 22.3 Å². The Balaban J connectivity index is 1.36. The molecule has 0 spiro atoms. The Kier molecular flexibility index (Phi) is 10.1. The van der Waals surface area contributed by atoms with E-state index in [9.17, 15) is 27.2 Å². The van der Waals surface area contributed by atoms with Gasteiger partial charge in [-0.2, -0.15) is 17.6 Å². The molecule has 8 heteroatoms. The number of alkyl halides is 4. The Bertz CT molecular complexity index is 1230. The molecule has 0 unspecified atom stereocenters. The van der Waals surface area contributed by atoms with Crippen molar-refractivity contribution in [3.8, 4) is 0 Å². The van der Waals surface area contributed by atoms with E-state index in [-0.39, 0.29) is 37.8 Å². The zero-order valence-corrected chi connectivity index (χ0v) is 22.9. The first-order valence-corrected chi connectivity index (χ1v) is 13.7. The molecule has 42 heavy (non-hydrogen) atoms. The topological polar surface area (TPSA) is 58.2 Å². The molecule has 0 aromatic heterocycles. The minimum absolute atomic E-state index is 0.188. The largest absolute Gasteiger partial charge is 0.395 e. The molecule has 2 N–H and O–H groups in total. The number of carbonyl (C=O) groups excluding carboxylic acids is 2. The van der Waals surface area contributed by atoms with Gasteiger partial charge in [-0.3, -0.25) is 9.59 Å². The zero-order chi connectivity index (χ0) is 30.0. The maximum Gasteiger partial charge on any atom is 0.395 e. The van der Waals surface area contributed by atoms with E-state index in [1.54, 1.807) is 0 Å². The second kappa shape index (κ2) is 13.9. The number of hydrogen-bond acceptors (Lipinski definition) is 2. The molecule has 0 saturated heterocycles. The van der Waals surface area contributed by atoms with Crippen LogP contribution in [0.25, 0.3) is 0 Å². The van der Waals surface area contributed by atoms with Crippen molar-refractivity contribution in [2.24, 2.45) is 0 Å². The number of nitrogens with one attached hydrogen (secondary N) is 2. The van der Waals surface area contributed by atoms with Gasteiger partial charge in [0.15, 0.2) is 0 Å². The molecule has 0 saturated carbocycles. The maximum atomic E-state index is 14.7. The lowest BCUT2D eigenvalue weighted by molar-refractivity contribution is -0.211. The van der Waals surface area contributed by atoms with E-state index in [1.165, 1.54) is 0 Å². The highest BCUT2D eigenvalue weighted by atomic mass is 19.3. The van der Waals surface area contributed by atoms with Crippen LogP contribution in [-0.2, 0) is 9.59 Å². The van der Waals surface area contributed by atoms with E-state index >= 15 is 0 Å². The SMILES string of the molecule is O=C(NCCC(c1ccccc1)c1ccccc1)C(F)(F)C(F)(F)C(=O)NCCC(c1ccccc1)c1ccccc1. The maximum absolute atomic E-state index is 14.7. The standard InChI is InChI=1S/C34H32F4N2O2/c35-33(36,31(41)39-23-21-29(25-13-5-1-6-14-25)26-15-7-2-8-16-26)34(37,38)32(42)40-24-22-30(27-17-9-3-10-18-27)28-19-11-4-12-20-28/h1-20,29-30H,21-24H2,(H,39,41)(H,40,42). The van der Waals surface area contributed by atoms with Gasteiger partial charge in [-0.25, -0.2) is 0 Å². The highest BCUT2D eigenvalue weighted by Crippen LogP contribution is 2.35. The van der Waals surface area contributed by atoms with Crippen LogP contribution in [-0.4, -0.2) is 36.7 Å². The van der Waals surface area contributed by atoms with Crippen molar-refractivity contribution in [3.63, 3.8) is 0 Å². The quantitative estimate of drug-likeness (QED) is 0.170. The smallest absolute Gasteiger partial charge is 0.351 e. The average Bonchev–Trinajstić information content (AvgIpc) is 3.02. The molecular formula is C34H32F4N2O2. The van der Waals surface area contributed by atoms with Crippen molar-refractivity contribution < 1.29 is 27.2 Å². The van der Waals surface area contributed by atoms with Crippen LogP contribution >= 0.6 is 0 Å². The van der Waals surface area contributed by atoms with Crippen molar-refractivity contribution in [1.82, 2.24) is 10.6 Å². The lowest BCUT2D eigenvalue weighted by Crippen LogP contribution is -2.59. The molecule has 0 fully saturated rings. The van der Waals surface area contributed by atoms with Gasteiger partial charge < -0.3 is 10.6 Å². The number of hydrogen-bond donors (Lipinski definition) is 2. The van der Waals surface area contributed by atoms with Crippen LogP contribution in [0.4, 0.5) is 17.6 Å². The molecule has 4 aromatic rings. The van der Waals surface area contributed by atoms with E-state index in [0.29, 0.717) is 0 Å². The van der Waals surface area contributed by atoms with E-state index in [4.69, 9.17) is 0 Å². The Labute approximate surface area is 242 Å². The van der Waals surface area contributed by atoms with Gasteiger partial charge in [0, 0.05) is 24.9 Å². The molecule has 4 aromatic carbocycles. The predicted octanol–water partition coefficient (Wildman–Crippen LogP) is 6.93. The minimum Gasteiger partial charge on any atom is -0.351 e. The van der Waals surface area contributed by atoms with Gasteiger partial charge in [-0.1, -0.05) is 121 Å². The summed E-state index contributed by atoms with van der Waals surface area (Å²) in [5, 5.41) is 3.84. The number of halogens is 4. The molecule has 4 nitrogen and oxygen atoms in total. The van der Waals surface area contributed by atoms with Gasteiger partial charge in [-0.05, 0) is 35.1 Å². The number of benzene rings is 4. The second-order valence-corrected chi connectivity index (χ2v) is 9.99. The van der Waals surface area contributed by atoms with Gasteiger partial charge in [0.25, 0.3) is 11.8 Å². The average molecular weight is 577 g/mol. The third-order valence-corrected chi connectivity index (χ3v) is 7.21. The van der Waals surface area contributed by atoms with Crippen LogP contribution in [0, 0.1) is 0 Å². The van der Waals surface area contributed by atoms with E-state index in [2.05, 4.69) is 0 Å². The Morgan fingerprint density at radius 1 is 0.476 bits per heavy atom. The Hall–Kier alpha value is -4.46. The molecule has 0 bridgehead atoms. The van der Waals surface area contributed by atoms with Crippen molar-refractivity contribution in [3.05, 3.63) is 144 Å². The summed E-state index contributed by atoms with van der Waals surface area (Å²) in [5.41, 5.74) is 3.55. The zero-order valence-electron chi connectivity index (χ0n) is 22.9. The molecule has 2 amide bonds. The summed E-state index contributed by atoms with van der Waals surface area (Å²) in [6, 6.07) is 37.0. The first-order valence-electron chi connectivity index (χ1n) is 13.7. The van der Waals surface area contributed by atoms with Gasteiger partial charge in [-0.15, -0.1) is 0 Å². The monoisotopic (exact) mass is 576 g/mol. The highest BCUT2D eigenvalue weighted by Gasteiger charge is 2.66. The summed E-state index contributed by atoms with van der Waals surface area (Å²) < 4.78 is 58.8. The Morgan fingerprint density at radius 3 is 0.952 bits per heavy atom. The summed E-state index contributed by atoms with van der Waals surface area (Å²) in [7, 11) is 0. The van der Waals surface area contributed by atoms with Crippen molar-refractivity contribution in [1.29, 1.82) is 0 Å². The summed E-state index contributed by atoms with van der Waals surface area (Å²) in [5.74, 6) is -15.4. The lowest BCUT2D eigenvalue weighted by Gasteiger charge is -2.26. The molecule has 0 aliphatic heterocycles. The molecular weight excluding hydrogens is 544 g/mol.